The second kappa shape index (κ2) is 8.36. The SMILES string of the molecule is COc1ccccc1NC(=O)CCN(C(C)=O)c1ccccc1Cl. The van der Waals surface area contributed by atoms with E-state index < -0.39 is 0 Å². The normalized spacial score (nSPS) is 10.1. The first-order valence-electron chi connectivity index (χ1n) is 7.48. The van der Waals surface area contributed by atoms with E-state index in [1.807, 2.05) is 12.1 Å². The summed E-state index contributed by atoms with van der Waals surface area (Å²) < 4.78 is 5.20. The summed E-state index contributed by atoms with van der Waals surface area (Å²) in [4.78, 5) is 25.6. The molecule has 0 radical (unpaired) electrons. The van der Waals surface area contributed by atoms with E-state index in [4.69, 9.17) is 16.3 Å². The molecule has 2 aromatic rings. The van der Waals surface area contributed by atoms with Crippen molar-refractivity contribution in [3.8, 4) is 5.75 Å². The molecule has 6 heteroatoms. The summed E-state index contributed by atoms with van der Waals surface area (Å²) in [6.07, 6.45) is 0.142. The fraction of sp³-hybridized carbons (Fsp3) is 0.222. The number of anilines is 2. The van der Waals surface area contributed by atoms with Gasteiger partial charge in [-0.25, -0.2) is 0 Å². The summed E-state index contributed by atoms with van der Waals surface area (Å²) in [7, 11) is 1.54. The summed E-state index contributed by atoms with van der Waals surface area (Å²) in [6, 6.07) is 14.2. The highest BCUT2D eigenvalue weighted by atomic mass is 35.5. The van der Waals surface area contributed by atoms with Crippen LogP contribution in [0.1, 0.15) is 13.3 Å². The lowest BCUT2D eigenvalue weighted by Crippen LogP contribution is -2.32. The number of hydrogen-bond donors (Lipinski definition) is 1. The van der Waals surface area contributed by atoms with Gasteiger partial charge in [0.05, 0.1) is 23.5 Å². The van der Waals surface area contributed by atoms with Crippen molar-refractivity contribution in [2.24, 2.45) is 0 Å². The fourth-order valence-corrected chi connectivity index (χ4v) is 2.53. The number of ether oxygens (including phenoxy) is 1. The number of methoxy groups -OCH3 is 1. The number of nitrogens with one attached hydrogen (secondary N) is 1. The zero-order valence-corrected chi connectivity index (χ0v) is 14.3. The van der Waals surface area contributed by atoms with E-state index in [1.165, 1.54) is 11.8 Å². The molecule has 2 aromatic carbocycles. The summed E-state index contributed by atoms with van der Waals surface area (Å²) in [6.45, 7) is 1.68. The third-order valence-electron chi connectivity index (χ3n) is 3.47. The first kappa shape index (κ1) is 17.8. The molecule has 0 aliphatic carbocycles. The molecule has 126 valence electrons. The molecule has 1 N–H and O–H groups in total. The van der Waals surface area contributed by atoms with Crippen molar-refractivity contribution in [3.63, 3.8) is 0 Å². The lowest BCUT2D eigenvalue weighted by Gasteiger charge is -2.22. The first-order valence-corrected chi connectivity index (χ1v) is 7.86. The number of carbonyl (C=O) groups excluding carboxylic acids is 2. The second-order valence-corrected chi connectivity index (χ2v) is 5.53. The minimum Gasteiger partial charge on any atom is -0.495 e. The largest absolute Gasteiger partial charge is 0.495 e. The van der Waals surface area contributed by atoms with Crippen LogP contribution < -0.4 is 15.0 Å². The molecule has 2 amide bonds. The Morgan fingerprint density at radius 2 is 1.79 bits per heavy atom. The van der Waals surface area contributed by atoms with E-state index in [2.05, 4.69) is 5.32 Å². The Labute approximate surface area is 146 Å². The van der Waals surface area contributed by atoms with Crippen LogP contribution in [0.4, 0.5) is 11.4 Å². The Hall–Kier alpha value is -2.53. The summed E-state index contributed by atoms with van der Waals surface area (Å²) in [5, 5.41) is 3.26. The van der Waals surface area contributed by atoms with E-state index >= 15 is 0 Å². The summed E-state index contributed by atoms with van der Waals surface area (Å²) in [5.41, 5.74) is 1.19. The summed E-state index contributed by atoms with van der Waals surface area (Å²) >= 11 is 6.14. The number of benzene rings is 2. The molecule has 0 bridgehead atoms. The van der Waals surface area contributed by atoms with Gasteiger partial charge < -0.3 is 15.0 Å². The quantitative estimate of drug-likeness (QED) is 0.867. The zero-order chi connectivity index (χ0) is 17.5. The van der Waals surface area contributed by atoms with Crippen molar-refractivity contribution in [3.05, 3.63) is 53.6 Å². The molecular weight excluding hydrogens is 328 g/mol. The maximum Gasteiger partial charge on any atom is 0.226 e. The van der Waals surface area contributed by atoms with Crippen molar-refractivity contribution in [1.29, 1.82) is 0 Å². The van der Waals surface area contributed by atoms with Gasteiger partial charge in [-0.15, -0.1) is 0 Å². The highest BCUT2D eigenvalue weighted by Gasteiger charge is 2.16. The molecule has 0 aliphatic heterocycles. The number of hydrogen-bond acceptors (Lipinski definition) is 3. The van der Waals surface area contributed by atoms with Crippen molar-refractivity contribution in [1.82, 2.24) is 0 Å². The van der Waals surface area contributed by atoms with E-state index in [1.54, 1.807) is 43.5 Å². The molecule has 0 saturated carbocycles. The monoisotopic (exact) mass is 346 g/mol. The molecule has 0 heterocycles. The van der Waals surface area contributed by atoms with Crippen LogP contribution in [0.2, 0.25) is 5.02 Å². The predicted octanol–water partition coefficient (Wildman–Crippen LogP) is 3.73. The van der Waals surface area contributed by atoms with Gasteiger partial charge >= 0.3 is 0 Å². The standard InChI is InChI=1S/C18H19ClN2O3/c1-13(22)21(16-9-5-3-7-14(16)19)12-11-18(23)20-15-8-4-6-10-17(15)24-2/h3-10H,11-12H2,1-2H3,(H,20,23). The minimum atomic E-state index is -0.210. The van der Waals surface area contributed by atoms with Crippen LogP contribution in [0.15, 0.2) is 48.5 Å². The highest BCUT2D eigenvalue weighted by Crippen LogP contribution is 2.26. The van der Waals surface area contributed by atoms with E-state index in [0.717, 1.165) is 0 Å². The molecule has 0 saturated heterocycles. The fourth-order valence-electron chi connectivity index (χ4n) is 2.29. The highest BCUT2D eigenvalue weighted by molar-refractivity contribution is 6.33. The van der Waals surface area contributed by atoms with Crippen LogP contribution in [-0.4, -0.2) is 25.5 Å². The molecule has 0 atom stereocenters. The number of para-hydroxylation sites is 3. The smallest absolute Gasteiger partial charge is 0.226 e. The topological polar surface area (TPSA) is 58.6 Å². The van der Waals surface area contributed by atoms with Crippen molar-refractivity contribution < 1.29 is 14.3 Å². The van der Waals surface area contributed by atoms with Crippen LogP contribution in [0.3, 0.4) is 0 Å². The van der Waals surface area contributed by atoms with Crippen LogP contribution in [0.25, 0.3) is 0 Å². The molecule has 0 aliphatic rings. The lowest BCUT2D eigenvalue weighted by molar-refractivity contribution is -0.117. The zero-order valence-electron chi connectivity index (χ0n) is 13.6. The lowest BCUT2D eigenvalue weighted by atomic mass is 10.2. The maximum atomic E-state index is 12.2. The van der Waals surface area contributed by atoms with E-state index in [9.17, 15) is 9.59 Å². The molecular formula is C18H19ClN2O3. The van der Waals surface area contributed by atoms with Gasteiger partial charge in [-0.05, 0) is 24.3 Å². The van der Waals surface area contributed by atoms with E-state index in [-0.39, 0.29) is 24.8 Å². The summed E-state index contributed by atoms with van der Waals surface area (Å²) in [5.74, 6) is 0.200. The average Bonchev–Trinajstić information content (AvgIpc) is 2.57. The number of rotatable bonds is 6. The van der Waals surface area contributed by atoms with Crippen LogP contribution in [-0.2, 0) is 9.59 Å². The third-order valence-corrected chi connectivity index (χ3v) is 3.79. The van der Waals surface area contributed by atoms with Gasteiger partial charge in [0, 0.05) is 19.9 Å². The predicted molar refractivity (Wildman–Crippen MR) is 95.7 cm³/mol. The van der Waals surface area contributed by atoms with Crippen molar-refractivity contribution in [2.75, 3.05) is 23.9 Å². The Morgan fingerprint density at radius 3 is 2.46 bits per heavy atom. The van der Waals surface area contributed by atoms with Crippen molar-refractivity contribution in [2.45, 2.75) is 13.3 Å². The van der Waals surface area contributed by atoms with Crippen LogP contribution in [0.5, 0.6) is 5.75 Å². The van der Waals surface area contributed by atoms with Gasteiger partial charge in [-0.3, -0.25) is 9.59 Å². The van der Waals surface area contributed by atoms with Crippen LogP contribution in [0, 0.1) is 0 Å². The van der Waals surface area contributed by atoms with Crippen LogP contribution >= 0.6 is 11.6 Å². The number of carbonyl (C=O) groups is 2. The van der Waals surface area contributed by atoms with Gasteiger partial charge in [0.2, 0.25) is 11.8 Å². The molecule has 5 nitrogen and oxygen atoms in total. The Balaban J connectivity index is 2.03. The molecule has 0 unspecified atom stereocenters. The number of nitrogens with zero attached hydrogens (tertiary/aromatic N) is 1. The van der Waals surface area contributed by atoms with Gasteiger partial charge in [0.15, 0.2) is 0 Å². The van der Waals surface area contributed by atoms with Crippen molar-refractivity contribution >= 4 is 34.8 Å². The number of amides is 2. The average molecular weight is 347 g/mol. The Morgan fingerprint density at radius 1 is 1.12 bits per heavy atom. The first-order chi connectivity index (χ1) is 11.5. The van der Waals surface area contributed by atoms with E-state index in [0.29, 0.717) is 22.1 Å². The van der Waals surface area contributed by atoms with Gasteiger partial charge in [0.25, 0.3) is 0 Å². The molecule has 0 spiro atoms. The second-order valence-electron chi connectivity index (χ2n) is 5.12. The Kier molecular flexibility index (Phi) is 6.21. The molecule has 2 rings (SSSR count). The maximum absolute atomic E-state index is 12.2. The molecule has 0 aromatic heterocycles. The van der Waals surface area contributed by atoms with Gasteiger partial charge in [-0.2, -0.15) is 0 Å². The van der Waals surface area contributed by atoms with Gasteiger partial charge in [0.1, 0.15) is 5.75 Å². The number of halogens is 1. The molecule has 24 heavy (non-hydrogen) atoms. The molecule has 0 fully saturated rings. The minimum absolute atomic E-state index is 0.142. The third kappa shape index (κ3) is 4.49. The Bertz CT molecular complexity index is 734. The van der Waals surface area contributed by atoms with Gasteiger partial charge in [-0.1, -0.05) is 35.9 Å².